The van der Waals surface area contributed by atoms with Crippen molar-refractivity contribution in [1.82, 2.24) is 4.57 Å². The molecule has 1 fully saturated rings. The number of carbonyl (C=O) groups is 2. The number of carbonyl (C=O) groups excluding carboxylic acids is 2. The fraction of sp³-hybridized carbons (Fsp3) is 0.333. The number of aryl methyl sites for hydroxylation is 1. The number of amides is 1. The summed E-state index contributed by atoms with van der Waals surface area (Å²) in [5.74, 6) is -0.531. The Morgan fingerprint density at radius 2 is 1.69 bits per heavy atom. The van der Waals surface area contributed by atoms with Crippen molar-refractivity contribution in [2.24, 2.45) is 0 Å². The number of esters is 1. The Morgan fingerprint density at radius 3 is 2.41 bits per heavy atom. The van der Waals surface area contributed by atoms with Gasteiger partial charge in [-0.15, -0.1) is 0 Å². The average molecular weight is 524 g/mol. The Morgan fingerprint density at radius 1 is 0.949 bits per heavy atom. The molecule has 1 saturated carbocycles. The van der Waals surface area contributed by atoms with Crippen LogP contribution in [0.25, 0.3) is 16.6 Å². The molecule has 0 unspecified atom stereocenters. The van der Waals surface area contributed by atoms with Gasteiger partial charge in [-0.05, 0) is 76.1 Å². The summed E-state index contributed by atoms with van der Waals surface area (Å²) in [6.45, 7) is 7.13. The van der Waals surface area contributed by atoms with E-state index >= 15 is 0 Å². The zero-order valence-electron chi connectivity index (χ0n) is 23.1. The van der Waals surface area contributed by atoms with Crippen molar-refractivity contribution in [3.63, 3.8) is 0 Å². The summed E-state index contributed by atoms with van der Waals surface area (Å²) in [7, 11) is 0. The van der Waals surface area contributed by atoms with E-state index in [-0.39, 0.29) is 11.9 Å². The lowest BCUT2D eigenvalue weighted by molar-refractivity contribution is 0.0517. The normalized spacial score (nSPS) is 13.8. The average Bonchev–Trinajstić information content (AvgIpc) is 3.35. The highest BCUT2D eigenvalue weighted by Crippen LogP contribution is 2.36. The van der Waals surface area contributed by atoms with Crippen molar-refractivity contribution in [1.29, 1.82) is 0 Å². The van der Waals surface area contributed by atoms with Crippen molar-refractivity contribution in [2.75, 3.05) is 23.4 Å². The molecule has 4 aromatic rings. The predicted molar refractivity (Wildman–Crippen MR) is 158 cm³/mol. The van der Waals surface area contributed by atoms with Gasteiger partial charge >= 0.3 is 5.97 Å². The number of hydrogen-bond acceptors (Lipinski definition) is 4. The molecule has 6 nitrogen and oxygen atoms in total. The molecule has 0 bridgehead atoms. The minimum Gasteiger partial charge on any atom is -0.461 e. The quantitative estimate of drug-likeness (QED) is 0.243. The third-order valence-electron chi connectivity index (χ3n) is 7.66. The third-order valence-corrected chi connectivity index (χ3v) is 7.66. The molecule has 1 amide bonds. The van der Waals surface area contributed by atoms with Gasteiger partial charge in [-0.25, -0.2) is 4.79 Å². The van der Waals surface area contributed by atoms with Crippen LogP contribution in [0.1, 0.15) is 72.4 Å². The molecule has 5 rings (SSSR count). The van der Waals surface area contributed by atoms with E-state index in [0.29, 0.717) is 23.9 Å². The second-order valence-corrected chi connectivity index (χ2v) is 10.2. The molecule has 0 saturated heterocycles. The van der Waals surface area contributed by atoms with Crippen LogP contribution in [-0.2, 0) is 4.74 Å². The molecule has 0 radical (unpaired) electrons. The molecule has 202 valence electrons. The number of nitrogens with one attached hydrogen (secondary N) is 1. The van der Waals surface area contributed by atoms with Gasteiger partial charge in [0.25, 0.3) is 5.91 Å². The van der Waals surface area contributed by atoms with Crippen LogP contribution < -0.4 is 10.2 Å². The van der Waals surface area contributed by atoms with Crippen LogP contribution in [0.4, 0.5) is 11.4 Å². The molecule has 0 atom stereocenters. The minimum atomic E-state index is -0.375. The fourth-order valence-electron chi connectivity index (χ4n) is 5.72. The zero-order chi connectivity index (χ0) is 27.4. The van der Waals surface area contributed by atoms with Crippen molar-refractivity contribution in [3.8, 4) is 5.69 Å². The van der Waals surface area contributed by atoms with Crippen molar-refractivity contribution >= 4 is 34.2 Å². The van der Waals surface area contributed by atoms with Gasteiger partial charge < -0.3 is 19.5 Å². The van der Waals surface area contributed by atoms with Gasteiger partial charge in [0.15, 0.2) is 0 Å². The number of aromatic nitrogens is 1. The van der Waals surface area contributed by atoms with Crippen LogP contribution >= 0.6 is 0 Å². The smallest absolute Gasteiger partial charge is 0.355 e. The van der Waals surface area contributed by atoms with E-state index in [2.05, 4.69) is 23.2 Å². The Labute approximate surface area is 230 Å². The number of rotatable bonds is 8. The minimum absolute atomic E-state index is 0.156. The van der Waals surface area contributed by atoms with Crippen LogP contribution in [0, 0.1) is 6.92 Å². The van der Waals surface area contributed by atoms with Crippen LogP contribution in [-0.4, -0.2) is 35.6 Å². The standard InChI is InChI=1S/C33H37N3O3/c1-4-35(26-12-7-6-8-13-26)30-20-19-27(22-28(30)34-32(37)24-17-15-23(3)16-18-24)36-29-14-10-9-11-25(29)21-31(36)33(38)39-5-2/h9-11,14-22,26H,4-8,12-13H2,1-3H3,(H,34,37). The van der Waals surface area contributed by atoms with Crippen molar-refractivity contribution < 1.29 is 14.3 Å². The Balaban J connectivity index is 1.63. The van der Waals surface area contributed by atoms with Crippen LogP contribution in [0.2, 0.25) is 0 Å². The molecule has 3 aromatic carbocycles. The highest BCUT2D eigenvalue weighted by atomic mass is 16.5. The largest absolute Gasteiger partial charge is 0.461 e. The maximum absolute atomic E-state index is 13.4. The Hall–Kier alpha value is -4.06. The first-order valence-corrected chi connectivity index (χ1v) is 14.1. The molecule has 6 heteroatoms. The predicted octanol–water partition coefficient (Wildman–Crippen LogP) is 7.53. The number of fused-ring (bicyclic) bond motifs is 1. The molecular weight excluding hydrogens is 486 g/mol. The molecule has 1 N–H and O–H groups in total. The second kappa shape index (κ2) is 11.8. The first kappa shape index (κ1) is 26.5. The van der Waals surface area contributed by atoms with Crippen molar-refractivity contribution in [2.45, 2.75) is 58.9 Å². The third kappa shape index (κ3) is 5.56. The van der Waals surface area contributed by atoms with E-state index in [0.717, 1.165) is 52.9 Å². The highest BCUT2D eigenvalue weighted by Gasteiger charge is 2.25. The molecule has 1 aliphatic rings. The summed E-state index contributed by atoms with van der Waals surface area (Å²) in [6.07, 6.45) is 6.03. The SMILES string of the molecule is CCOC(=O)c1cc2ccccc2n1-c1ccc(N(CC)C2CCCCC2)c(NC(=O)c2ccc(C)cc2)c1. The second-order valence-electron chi connectivity index (χ2n) is 10.2. The summed E-state index contributed by atoms with van der Waals surface area (Å²) in [4.78, 5) is 28.8. The van der Waals surface area contributed by atoms with Gasteiger partial charge in [-0.1, -0.05) is 55.2 Å². The van der Waals surface area contributed by atoms with Gasteiger partial charge in [0.05, 0.1) is 23.5 Å². The summed E-state index contributed by atoms with van der Waals surface area (Å²) >= 11 is 0. The van der Waals surface area contributed by atoms with Gasteiger partial charge in [0.2, 0.25) is 0 Å². The molecule has 0 spiro atoms. The zero-order valence-corrected chi connectivity index (χ0v) is 23.1. The van der Waals surface area contributed by atoms with Gasteiger partial charge in [-0.2, -0.15) is 0 Å². The fourth-order valence-corrected chi connectivity index (χ4v) is 5.72. The lowest BCUT2D eigenvalue weighted by Crippen LogP contribution is -2.37. The topological polar surface area (TPSA) is 63.6 Å². The van der Waals surface area contributed by atoms with Gasteiger partial charge in [0.1, 0.15) is 5.69 Å². The lowest BCUT2D eigenvalue weighted by Gasteiger charge is -2.36. The number of para-hydroxylation sites is 1. The molecule has 39 heavy (non-hydrogen) atoms. The van der Waals surface area contributed by atoms with Gasteiger partial charge in [0, 0.05) is 29.2 Å². The highest BCUT2D eigenvalue weighted by molar-refractivity contribution is 6.06. The number of ether oxygens (including phenoxy) is 1. The van der Waals surface area contributed by atoms with E-state index in [4.69, 9.17) is 4.74 Å². The van der Waals surface area contributed by atoms with Crippen LogP contribution in [0.5, 0.6) is 0 Å². The summed E-state index contributed by atoms with van der Waals surface area (Å²) in [5.41, 5.74) is 5.61. The van der Waals surface area contributed by atoms with Crippen molar-refractivity contribution in [3.05, 3.63) is 89.6 Å². The summed E-state index contributed by atoms with van der Waals surface area (Å²) in [6, 6.07) is 23.9. The maximum Gasteiger partial charge on any atom is 0.355 e. The molecule has 1 heterocycles. The maximum atomic E-state index is 13.4. The van der Waals surface area contributed by atoms with E-state index in [1.807, 2.05) is 85.1 Å². The monoisotopic (exact) mass is 523 g/mol. The number of anilines is 2. The summed E-state index contributed by atoms with van der Waals surface area (Å²) in [5, 5.41) is 4.17. The molecular formula is C33H37N3O3. The number of hydrogen-bond donors (Lipinski definition) is 1. The van der Waals surface area contributed by atoms with Crippen LogP contribution in [0.3, 0.4) is 0 Å². The lowest BCUT2D eigenvalue weighted by atomic mass is 9.93. The number of benzene rings is 3. The van der Waals surface area contributed by atoms with E-state index in [9.17, 15) is 9.59 Å². The first-order chi connectivity index (χ1) is 19.0. The van der Waals surface area contributed by atoms with Gasteiger partial charge in [-0.3, -0.25) is 4.79 Å². The Kier molecular flexibility index (Phi) is 8.01. The molecule has 0 aliphatic heterocycles. The first-order valence-electron chi connectivity index (χ1n) is 14.1. The van der Waals surface area contributed by atoms with E-state index < -0.39 is 0 Å². The van der Waals surface area contributed by atoms with Crippen LogP contribution in [0.15, 0.2) is 72.8 Å². The summed E-state index contributed by atoms with van der Waals surface area (Å²) < 4.78 is 7.33. The number of nitrogens with zero attached hydrogens (tertiary/aromatic N) is 2. The molecule has 1 aromatic heterocycles. The van der Waals surface area contributed by atoms with E-state index in [1.165, 1.54) is 19.3 Å². The Bertz CT molecular complexity index is 1470. The van der Waals surface area contributed by atoms with E-state index in [1.54, 1.807) is 0 Å². The molecule has 1 aliphatic carbocycles.